The molecule has 4 rings (SSSR count). The summed E-state index contributed by atoms with van der Waals surface area (Å²) in [6.45, 7) is 6.77. The number of carbonyl (C=O) groups excluding carboxylic acids is 1. The van der Waals surface area contributed by atoms with E-state index in [0.29, 0.717) is 12.8 Å². The Morgan fingerprint density at radius 3 is 2.07 bits per heavy atom. The summed E-state index contributed by atoms with van der Waals surface area (Å²) in [5.41, 5.74) is 0. The first-order valence-electron chi connectivity index (χ1n) is 10.5. The van der Waals surface area contributed by atoms with Gasteiger partial charge in [-0.2, -0.15) is 0 Å². The lowest BCUT2D eigenvalue weighted by atomic mass is 9.93. The quantitative estimate of drug-likeness (QED) is 0.608. The fourth-order valence-corrected chi connectivity index (χ4v) is 10.0. The zero-order valence-corrected chi connectivity index (χ0v) is 18.4. The van der Waals surface area contributed by atoms with E-state index in [1.165, 1.54) is 10.4 Å². The topological polar surface area (TPSA) is 55.8 Å². The molecular formula is C24H30O4Si. The molecule has 2 aromatic carbocycles. The Morgan fingerprint density at radius 2 is 1.59 bits per heavy atom. The van der Waals surface area contributed by atoms with Gasteiger partial charge in [-0.3, -0.25) is 4.79 Å². The standard InChI is InChI=1S/C24H30O4Si/c1-24(2,3)29(17-10-6-4-7-11-17,18-12-8-5-9-13-18)28-22-15-21-19(20(22)16-25)14-23(26)27-21/h4-13,19-22,25H,14-16H2,1-3H3/t19-,20+,21+,22-/m0/s1. The minimum atomic E-state index is -2.69. The van der Waals surface area contributed by atoms with Crippen molar-refractivity contribution < 1.29 is 19.1 Å². The molecule has 154 valence electrons. The van der Waals surface area contributed by atoms with Crippen molar-refractivity contribution >= 4 is 24.7 Å². The van der Waals surface area contributed by atoms with Gasteiger partial charge in [-0.1, -0.05) is 81.4 Å². The van der Waals surface area contributed by atoms with Gasteiger partial charge in [0.05, 0.1) is 12.5 Å². The molecule has 2 fully saturated rings. The van der Waals surface area contributed by atoms with E-state index >= 15 is 0 Å². The van der Waals surface area contributed by atoms with Crippen molar-refractivity contribution in [3.8, 4) is 0 Å². The van der Waals surface area contributed by atoms with Crippen LogP contribution < -0.4 is 10.4 Å². The van der Waals surface area contributed by atoms with Crippen molar-refractivity contribution in [1.29, 1.82) is 0 Å². The summed E-state index contributed by atoms with van der Waals surface area (Å²) in [6, 6.07) is 21.1. The number of aliphatic hydroxyl groups is 1. The van der Waals surface area contributed by atoms with Crippen LogP contribution in [0.25, 0.3) is 0 Å². The highest BCUT2D eigenvalue weighted by Crippen LogP contribution is 2.46. The number of fused-ring (bicyclic) bond motifs is 1. The van der Waals surface area contributed by atoms with Gasteiger partial charge in [0.25, 0.3) is 8.32 Å². The van der Waals surface area contributed by atoms with E-state index in [4.69, 9.17) is 9.16 Å². The van der Waals surface area contributed by atoms with Crippen LogP contribution in [-0.4, -0.2) is 38.2 Å². The van der Waals surface area contributed by atoms with Gasteiger partial charge < -0.3 is 14.3 Å². The zero-order chi connectivity index (χ0) is 20.6. The number of hydrogen-bond acceptors (Lipinski definition) is 4. The fraction of sp³-hybridized carbons (Fsp3) is 0.458. The number of carbonyl (C=O) groups is 1. The van der Waals surface area contributed by atoms with Crippen molar-refractivity contribution in [1.82, 2.24) is 0 Å². The maximum Gasteiger partial charge on any atom is 0.306 e. The molecule has 29 heavy (non-hydrogen) atoms. The molecule has 1 aliphatic heterocycles. The Bertz CT molecular complexity index is 807. The second-order valence-corrected chi connectivity index (χ2v) is 13.6. The van der Waals surface area contributed by atoms with Crippen LogP contribution in [0.15, 0.2) is 60.7 Å². The molecule has 1 aliphatic carbocycles. The molecule has 2 aromatic rings. The highest BCUT2D eigenvalue weighted by atomic mass is 28.4. The Morgan fingerprint density at radius 1 is 1.03 bits per heavy atom. The van der Waals surface area contributed by atoms with Gasteiger partial charge in [0.15, 0.2) is 0 Å². The number of benzene rings is 2. The normalized spacial score (nSPS) is 27.0. The summed E-state index contributed by atoms with van der Waals surface area (Å²) >= 11 is 0. The second-order valence-electron chi connectivity index (χ2n) is 9.30. The maximum absolute atomic E-state index is 11.8. The Hall–Kier alpha value is -1.95. The molecule has 0 amide bonds. The number of rotatable bonds is 5. The lowest BCUT2D eigenvalue weighted by Gasteiger charge is -2.45. The van der Waals surface area contributed by atoms with Crippen LogP contribution in [0.1, 0.15) is 33.6 Å². The summed E-state index contributed by atoms with van der Waals surface area (Å²) in [4.78, 5) is 11.8. The van der Waals surface area contributed by atoms with E-state index in [0.717, 1.165) is 0 Å². The molecule has 2 aliphatic rings. The molecule has 0 aromatic heterocycles. The second kappa shape index (κ2) is 7.71. The Labute approximate surface area is 174 Å². The van der Waals surface area contributed by atoms with E-state index in [2.05, 4.69) is 69.3 Å². The van der Waals surface area contributed by atoms with Gasteiger partial charge >= 0.3 is 5.97 Å². The zero-order valence-electron chi connectivity index (χ0n) is 17.4. The van der Waals surface area contributed by atoms with Crippen molar-refractivity contribution in [2.75, 3.05) is 6.61 Å². The van der Waals surface area contributed by atoms with E-state index in [-0.39, 0.29) is 41.7 Å². The van der Waals surface area contributed by atoms with Crippen LogP contribution in [0.3, 0.4) is 0 Å². The summed E-state index contributed by atoms with van der Waals surface area (Å²) in [7, 11) is -2.69. The molecule has 0 unspecified atom stereocenters. The first-order chi connectivity index (χ1) is 13.9. The monoisotopic (exact) mass is 410 g/mol. The number of esters is 1. The highest BCUT2D eigenvalue weighted by molar-refractivity contribution is 6.99. The summed E-state index contributed by atoms with van der Waals surface area (Å²) in [5, 5.41) is 12.5. The lowest BCUT2D eigenvalue weighted by molar-refractivity contribution is -0.141. The summed E-state index contributed by atoms with van der Waals surface area (Å²) < 4.78 is 12.7. The molecule has 1 saturated carbocycles. The summed E-state index contributed by atoms with van der Waals surface area (Å²) in [6.07, 6.45) is 0.778. The average molecular weight is 411 g/mol. The third-order valence-electron chi connectivity index (χ3n) is 6.61. The van der Waals surface area contributed by atoms with Crippen LogP contribution in [0, 0.1) is 11.8 Å². The van der Waals surface area contributed by atoms with E-state index in [1.54, 1.807) is 0 Å². The first kappa shape index (κ1) is 20.3. The van der Waals surface area contributed by atoms with Crippen LogP contribution in [-0.2, 0) is 14.0 Å². The highest BCUT2D eigenvalue weighted by Gasteiger charge is 2.56. The third kappa shape index (κ3) is 3.45. The van der Waals surface area contributed by atoms with Crippen molar-refractivity contribution in [3.05, 3.63) is 60.7 Å². The minimum Gasteiger partial charge on any atom is -0.462 e. The molecule has 1 heterocycles. The van der Waals surface area contributed by atoms with E-state index in [9.17, 15) is 9.90 Å². The number of ether oxygens (including phenoxy) is 1. The SMILES string of the molecule is CC(C)(C)[Si](O[C@H]1C[C@H]2OC(=O)C[C@H]2[C@H]1CO)(c1ccccc1)c1ccccc1. The molecule has 0 bridgehead atoms. The summed E-state index contributed by atoms with van der Waals surface area (Å²) in [5.74, 6) is -0.175. The molecule has 5 heteroatoms. The van der Waals surface area contributed by atoms with Crippen LogP contribution in [0.2, 0.25) is 5.04 Å². The molecule has 0 spiro atoms. The van der Waals surface area contributed by atoms with Crippen LogP contribution >= 0.6 is 0 Å². The predicted molar refractivity (Wildman–Crippen MR) is 116 cm³/mol. The molecule has 4 atom stereocenters. The molecule has 1 N–H and O–H groups in total. The fourth-order valence-electron chi connectivity index (χ4n) is 5.26. The molecular weight excluding hydrogens is 380 g/mol. The third-order valence-corrected chi connectivity index (χ3v) is 11.7. The van der Waals surface area contributed by atoms with Crippen molar-refractivity contribution in [2.45, 2.75) is 50.9 Å². The van der Waals surface area contributed by atoms with Crippen LogP contribution in [0.4, 0.5) is 0 Å². The van der Waals surface area contributed by atoms with E-state index in [1.807, 2.05) is 12.1 Å². The maximum atomic E-state index is 11.8. The number of hydrogen-bond donors (Lipinski definition) is 1. The van der Waals surface area contributed by atoms with Crippen LogP contribution in [0.5, 0.6) is 0 Å². The average Bonchev–Trinajstić information content (AvgIpc) is 3.21. The van der Waals surface area contributed by atoms with Gasteiger partial charge in [-0.05, 0) is 15.4 Å². The molecule has 4 nitrogen and oxygen atoms in total. The van der Waals surface area contributed by atoms with Gasteiger partial charge in [0, 0.05) is 24.9 Å². The smallest absolute Gasteiger partial charge is 0.306 e. The van der Waals surface area contributed by atoms with Gasteiger partial charge in [0.2, 0.25) is 0 Å². The van der Waals surface area contributed by atoms with Gasteiger partial charge in [0.1, 0.15) is 6.10 Å². The van der Waals surface area contributed by atoms with E-state index < -0.39 is 8.32 Å². The largest absolute Gasteiger partial charge is 0.462 e. The minimum absolute atomic E-state index is 0.0146. The Kier molecular flexibility index (Phi) is 5.40. The van der Waals surface area contributed by atoms with Crippen molar-refractivity contribution in [2.24, 2.45) is 11.8 Å². The van der Waals surface area contributed by atoms with Crippen molar-refractivity contribution in [3.63, 3.8) is 0 Å². The molecule has 1 saturated heterocycles. The predicted octanol–water partition coefficient (Wildman–Crippen LogP) is 2.88. The Balaban J connectivity index is 1.80. The van der Waals surface area contributed by atoms with Gasteiger partial charge in [-0.25, -0.2) is 0 Å². The van der Waals surface area contributed by atoms with Gasteiger partial charge in [-0.15, -0.1) is 0 Å². The first-order valence-corrected chi connectivity index (χ1v) is 12.4. The lowest BCUT2D eigenvalue weighted by Crippen LogP contribution is -2.68. The number of aliphatic hydroxyl groups excluding tert-OH is 1. The molecule has 0 radical (unpaired) electrons.